The van der Waals surface area contributed by atoms with Gasteiger partial charge in [0, 0.05) is 11.3 Å². The zero-order valence-corrected chi connectivity index (χ0v) is 11.3. The first-order valence-corrected chi connectivity index (χ1v) is 6.24. The molecule has 3 nitrogen and oxygen atoms in total. The lowest BCUT2D eigenvalue weighted by Gasteiger charge is -2.09. The molecular weight excluding hydrogens is 226 g/mol. The number of esters is 1. The second-order valence-electron chi connectivity index (χ2n) is 4.61. The van der Waals surface area contributed by atoms with Gasteiger partial charge in [0.25, 0.3) is 0 Å². The summed E-state index contributed by atoms with van der Waals surface area (Å²) in [6, 6.07) is 7.37. The zero-order chi connectivity index (χ0) is 13.5. The molecule has 0 aliphatic heterocycles. The summed E-state index contributed by atoms with van der Waals surface area (Å²) in [6.45, 7) is 6.37. The van der Waals surface area contributed by atoms with E-state index < -0.39 is 0 Å². The van der Waals surface area contributed by atoms with Gasteiger partial charge >= 0.3 is 5.97 Å². The number of nitrogen functional groups attached to an aromatic ring is 1. The molecule has 0 saturated heterocycles. The van der Waals surface area contributed by atoms with Crippen LogP contribution < -0.4 is 5.73 Å². The van der Waals surface area contributed by atoms with Crippen LogP contribution >= 0.6 is 0 Å². The van der Waals surface area contributed by atoms with E-state index in [9.17, 15) is 4.79 Å². The molecule has 0 aliphatic rings. The maximum atomic E-state index is 11.7. The monoisotopic (exact) mass is 247 g/mol. The van der Waals surface area contributed by atoms with E-state index in [1.807, 2.05) is 24.3 Å². The van der Waals surface area contributed by atoms with Crippen LogP contribution in [0.15, 0.2) is 29.8 Å². The van der Waals surface area contributed by atoms with E-state index in [-0.39, 0.29) is 5.97 Å². The highest BCUT2D eigenvalue weighted by molar-refractivity contribution is 5.93. The normalized spacial score (nSPS) is 13.2. The van der Waals surface area contributed by atoms with E-state index in [1.54, 1.807) is 13.0 Å². The van der Waals surface area contributed by atoms with Gasteiger partial charge < -0.3 is 10.5 Å². The minimum absolute atomic E-state index is 0.257. The van der Waals surface area contributed by atoms with Gasteiger partial charge in [0.2, 0.25) is 0 Å². The van der Waals surface area contributed by atoms with Crippen LogP contribution in [0.1, 0.15) is 32.8 Å². The molecule has 0 spiro atoms. The highest BCUT2D eigenvalue weighted by atomic mass is 16.5. The first-order valence-electron chi connectivity index (χ1n) is 6.24. The minimum Gasteiger partial charge on any atom is -0.462 e. The fraction of sp³-hybridized carbons (Fsp3) is 0.400. The maximum absolute atomic E-state index is 11.7. The number of hydrogen-bond acceptors (Lipinski definition) is 3. The predicted molar refractivity (Wildman–Crippen MR) is 74.9 cm³/mol. The Labute approximate surface area is 109 Å². The van der Waals surface area contributed by atoms with Crippen molar-refractivity contribution in [3.8, 4) is 0 Å². The van der Waals surface area contributed by atoms with Gasteiger partial charge in [-0.1, -0.05) is 32.4 Å². The van der Waals surface area contributed by atoms with Gasteiger partial charge in [0.1, 0.15) is 0 Å². The number of carbonyl (C=O) groups is 1. The van der Waals surface area contributed by atoms with Crippen LogP contribution in [0, 0.1) is 5.92 Å². The highest BCUT2D eigenvalue weighted by Gasteiger charge is 2.08. The van der Waals surface area contributed by atoms with E-state index in [4.69, 9.17) is 10.5 Å². The number of hydrogen-bond donors (Lipinski definition) is 1. The van der Waals surface area contributed by atoms with Crippen LogP contribution in [0.5, 0.6) is 0 Å². The van der Waals surface area contributed by atoms with Crippen molar-refractivity contribution >= 4 is 17.7 Å². The Morgan fingerprint density at radius 2 is 2.00 bits per heavy atom. The third-order valence-electron chi connectivity index (χ3n) is 2.84. The number of rotatable bonds is 5. The number of ether oxygens (including phenoxy) is 1. The molecule has 1 rings (SSSR count). The van der Waals surface area contributed by atoms with Gasteiger partial charge in [-0.05, 0) is 36.6 Å². The molecule has 3 heteroatoms. The average molecular weight is 247 g/mol. The van der Waals surface area contributed by atoms with E-state index in [1.165, 1.54) is 0 Å². The SMILES string of the molecule is CCC(C)COC(=O)C(C)=Cc1ccc(N)cc1. The molecular formula is C15H21NO2. The highest BCUT2D eigenvalue weighted by Crippen LogP contribution is 2.11. The van der Waals surface area contributed by atoms with Gasteiger partial charge in [0.15, 0.2) is 0 Å². The van der Waals surface area contributed by atoms with Crippen LogP contribution in [0.25, 0.3) is 6.08 Å². The molecule has 0 aromatic heterocycles. The molecule has 0 saturated carbocycles. The molecule has 0 radical (unpaired) electrons. The first-order chi connectivity index (χ1) is 8.52. The summed E-state index contributed by atoms with van der Waals surface area (Å²) in [5.41, 5.74) is 7.86. The molecule has 0 bridgehead atoms. The van der Waals surface area contributed by atoms with E-state index in [0.717, 1.165) is 12.0 Å². The van der Waals surface area contributed by atoms with Crippen LogP contribution in [-0.4, -0.2) is 12.6 Å². The number of nitrogens with two attached hydrogens (primary N) is 1. The Morgan fingerprint density at radius 3 is 2.56 bits per heavy atom. The smallest absolute Gasteiger partial charge is 0.333 e. The Hall–Kier alpha value is -1.77. The summed E-state index contributed by atoms with van der Waals surface area (Å²) in [5.74, 6) is 0.144. The van der Waals surface area contributed by atoms with Crippen molar-refractivity contribution in [1.29, 1.82) is 0 Å². The first kappa shape index (κ1) is 14.3. The van der Waals surface area contributed by atoms with Crippen molar-refractivity contribution < 1.29 is 9.53 Å². The summed E-state index contributed by atoms with van der Waals surface area (Å²) in [5, 5.41) is 0. The minimum atomic E-state index is -0.257. The summed E-state index contributed by atoms with van der Waals surface area (Å²) in [7, 11) is 0. The third-order valence-corrected chi connectivity index (χ3v) is 2.84. The molecule has 0 heterocycles. The van der Waals surface area contributed by atoms with Gasteiger partial charge in [-0.25, -0.2) is 4.79 Å². The number of carbonyl (C=O) groups excluding carboxylic acids is 1. The van der Waals surface area contributed by atoms with Crippen molar-refractivity contribution in [3.05, 3.63) is 35.4 Å². The summed E-state index contributed by atoms with van der Waals surface area (Å²) >= 11 is 0. The summed E-state index contributed by atoms with van der Waals surface area (Å²) in [6.07, 6.45) is 2.81. The zero-order valence-electron chi connectivity index (χ0n) is 11.3. The van der Waals surface area contributed by atoms with Crippen LogP contribution in [-0.2, 0) is 9.53 Å². The third kappa shape index (κ3) is 4.62. The van der Waals surface area contributed by atoms with Crippen molar-refractivity contribution in [1.82, 2.24) is 0 Å². The second-order valence-corrected chi connectivity index (χ2v) is 4.61. The molecule has 2 N–H and O–H groups in total. The van der Waals surface area contributed by atoms with Crippen molar-refractivity contribution in [2.24, 2.45) is 5.92 Å². The van der Waals surface area contributed by atoms with Crippen LogP contribution in [0.4, 0.5) is 5.69 Å². The van der Waals surface area contributed by atoms with E-state index in [2.05, 4.69) is 13.8 Å². The standard InChI is InChI=1S/C15H21NO2/c1-4-11(2)10-18-15(17)12(3)9-13-5-7-14(16)8-6-13/h5-9,11H,4,10,16H2,1-3H3. The van der Waals surface area contributed by atoms with E-state index in [0.29, 0.717) is 23.8 Å². The van der Waals surface area contributed by atoms with Gasteiger partial charge in [-0.15, -0.1) is 0 Å². The van der Waals surface area contributed by atoms with Crippen molar-refractivity contribution in [2.75, 3.05) is 12.3 Å². The molecule has 18 heavy (non-hydrogen) atoms. The molecule has 1 aromatic rings. The quantitative estimate of drug-likeness (QED) is 0.493. The maximum Gasteiger partial charge on any atom is 0.333 e. The number of benzene rings is 1. The van der Waals surface area contributed by atoms with Gasteiger partial charge in [-0.3, -0.25) is 0 Å². The molecule has 98 valence electrons. The Kier molecular flexibility index (Phi) is 5.43. The second kappa shape index (κ2) is 6.84. The molecule has 0 amide bonds. The van der Waals surface area contributed by atoms with Crippen LogP contribution in [0.3, 0.4) is 0 Å². The van der Waals surface area contributed by atoms with Gasteiger partial charge in [0.05, 0.1) is 6.61 Å². The molecule has 0 aliphatic carbocycles. The summed E-state index contributed by atoms with van der Waals surface area (Å²) in [4.78, 5) is 11.7. The molecule has 1 unspecified atom stereocenters. The Balaban J connectivity index is 2.60. The molecule has 0 fully saturated rings. The largest absolute Gasteiger partial charge is 0.462 e. The van der Waals surface area contributed by atoms with Crippen LogP contribution in [0.2, 0.25) is 0 Å². The topological polar surface area (TPSA) is 52.3 Å². The van der Waals surface area contributed by atoms with Crippen molar-refractivity contribution in [2.45, 2.75) is 27.2 Å². The lowest BCUT2D eigenvalue weighted by molar-refractivity contribution is -0.140. The fourth-order valence-electron chi connectivity index (χ4n) is 1.35. The van der Waals surface area contributed by atoms with Crippen molar-refractivity contribution in [3.63, 3.8) is 0 Å². The molecule has 1 aromatic carbocycles. The predicted octanol–water partition coefficient (Wildman–Crippen LogP) is 3.26. The average Bonchev–Trinajstić information content (AvgIpc) is 2.38. The lowest BCUT2D eigenvalue weighted by Crippen LogP contribution is -2.12. The van der Waals surface area contributed by atoms with Gasteiger partial charge in [-0.2, -0.15) is 0 Å². The van der Waals surface area contributed by atoms with E-state index >= 15 is 0 Å². The Morgan fingerprint density at radius 1 is 1.39 bits per heavy atom. The molecule has 1 atom stereocenters. The summed E-state index contributed by atoms with van der Waals surface area (Å²) < 4.78 is 5.22. The fourth-order valence-corrected chi connectivity index (χ4v) is 1.35. The Bertz CT molecular complexity index is 421. The lowest BCUT2D eigenvalue weighted by atomic mass is 10.1. The number of anilines is 1.